The molecule has 0 saturated carbocycles. The van der Waals surface area contributed by atoms with E-state index in [0.717, 1.165) is 0 Å². The molecule has 2 fully saturated rings. The smallest absolute Gasteiger partial charge is 0.327 e. The maximum Gasteiger partial charge on any atom is 0.327 e. The van der Waals surface area contributed by atoms with Gasteiger partial charge in [0.2, 0.25) is 5.91 Å². The molecule has 2 aliphatic rings. The van der Waals surface area contributed by atoms with Gasteiger partial charge in [0.25, 0.3) is 0 Å². The summed E-state index contributed by atoms with van der Waals surface area (Å²) < 4.78 is 5.50. The molecule has 2 unspecified atom stereocenters. The molecule has 2 saturated heterocycles. The van der Waals surface area contributed by atoms with E-state index in [-0.39, 0.29) is 25.5 Å². The fourth-order valence-electron chi connectivity index (χ4n) is 2.51. The maximum absolute atomic E-state index is 12.1. The lowest BCUT2D eigenvalue weighted by molar-refractivity contribution is -0.129. The average molecular weight is 320 g/mol. The van der Waals surface area contributed by atoms with Crippen LogP contribution in [-0.2, 0) is 9.53 Å². The Morgan fingerprint density at radius 1 is 1.43 bits per heavy atom. The molecule has 8 nitrogen and oxygen atoms in total. The van der Waals surface area contributed by atoms with Crippen LogP contribution in [0.25, 0.3) is 0 Å². The van der Waals surface area contributed by atoms with Crippen LogP contribution in [0.4, 0.5) is 4.79 Å². The van der Waals surface area contributed by atoms with Crippen LogP contribution in [0.3, 0.4) is 0 Å². The van der Waals surface area contributed by atoms with Gasteiger partial charge in [-0.1, -0.05) is 6.92 Å². The molecule has 3 amide bonds. The van der Waals surface area contributed by atoms with E-state index in [9.17, 15) is 14.7 Å². The van der Waals surface area contributed by atoms with E-state index < -0.39 is 35.8 Å². The van der Waals surface area contributed by atoms with Crippen LogP contribution in [0.15, 0.2) is 0 Å². The molecule has 0 aromatic heterocycles. The van der Waals surface area contributed by atoms with Gasteiger partial charge < -0.3 is 20.1 Å². The van der Waals surface area contributed by atoms with E-state index in [4.69, 9.17) is 14.9 Å². The third-order valence-electron chi connectivity index (χ3n) is 3.65. The molecule has 5 atom stereocenters. The van der Waals surface area contributed by atoms with Crippen LogP contribution in [-0.4, -0.2) is 74.9 Å². The predicted molar refractivity (Wildman–Crippen MR) is 74.2 cm³/mol. The second-order valence-corrected chi connectivity index (χ2v) is 6.31. The quantitative estimate of drug-likeness (QED) is 0.497. The summed E-state index contributed by atoms with van der Waals surface area (Å²) in [6.45, 7) is 1.29. The molecule has 9 heteroatoms. The molecule has 120 valence electrons. The van der Waals surface area contributed by atoms with E-state index >= 15 is 0 Å². The first kappa shape index (κ1) is 16.5. The van der Waals surface area contributed by atoms with Gasteiger partial charge in [0.05, 0.1) is 30.6 Å². The van der Waals surface area contributed by atoms with Crippen molar-refractivity contribution in [3.63, 3.8) is 0 Å². The SMILES string of the molecule is CC1C(=O)NC(=O)N([C@H]2C[C@H](O)[C@@H](CO)O2)C1SCCO. The number of nitrogens with one attached hydrogen (secondary N) is 1. The van der Waals surface area contributed by atoms with Crippen molar-refractivity contribution < 1.29 is 29.6 Å². The highest BCUT2D eigenvalue weighted by Gasteiger charge is 2.47. The van der Waals surface area contributed by atoms with Crippen molar-refractivity contribution in [1.82, 2.24) is 10.2 Å². The highest BCUT2D eigenvalue weighted by atomic mass is 32.2. The van der Waals surface area contributed by atoms with Crippen molar-refractivity contribution in [2.45, 2.75) is 37.2 Å². The molecule has 2 aliphatic heterocycles. The normalized spacial score (nSPS) is 37.0. The molecule has 0 spiro atoms. The highest BCUT2D eigenvalue weighted by Crippen LogP contribution is 2.33. The number of ether oxygens (including phenoxy) is 1. The lowest BCUT2D eigenvalue weighted by Gasteiger charge is -2.41. The number of rotatable bonds is 5. The van der Waals surface area contributed by atoms with Crippen molar-refractivity contribution in [1.29, 1.82) is 0 Å². The largest absolute Gasteiger partial charge is 0.396 e. The Morgan fingerprint density at radius 2 is 2.14 bits per heavy atom. The van der Waals surface area contributed by atoms with Crippen LogP contribution >= 0.6 is 11.8 Å². The van der Waals surface area contributed by atoms with Gasteiger partial charge >= 0.3 is 6.03 Å². The number of urea groups is 1. The van der Waals surface area contributed by atoms with Crippen LogP contribution in [0.1, 0.15) is 13.3 Å². The lowest BCUT2D eigenvalue weighted by Crippen LogP contribution is -2.61. The van der Waals surface area contributed by atoms with Crippen LogP contribution in [0, 0.1) is 5.92 Å². The predicted octanol–water partition coefficient (Wildman–Crippen LogP) is -1.31. The van der Waals surface area contributed by atoms with Gasteiger partial charge in [0, 0.05) is 12.2 Å². The van der Waals surface area contributed by atoms with Crippen molar-refractivity contribution in [3.05, 3.63) is 0 Å². The van der Waals surface area contributed by atoms with E-state index in [0.29, 0.717) is 5.75 Å². The summed E-state index contributed by atoms with van der Waals surface area (Å²) in [4.78, 5) is 25.2. The number of nitrogens with zero attached hydrogens (tertiary/aromatic N) is 1. The van der Waals surface area contributed by atoms with Gasteiger partial charge in [0.15, 0.2) is 0 Å². The van der Waals surface area contributed by atoms with Crippen molar-refractivity contribution >= 4 is 23.7 Å². The number of thioether (sulfide) groups is 1. The summed E-state index contributed by atoms with van der Waals surface area (Å²) in [5.41, 5.74) is 0. The third kappa shape index (κ3) is 3.32. The van der Waals surface area contributed by atoms with E-state index in [1.54, 1.807) is 6.92 Å². The standard InChI is InChI=1S/C12H20N2O6S/c1-6-10(18)13-12(19)14(11(6)21-3-2-15)9-4-7(17)8(5-16)20-9/h6-9,11,15-17H,2-5H2,1H3,(H,13,18,19)/t6?,7-,8+,9+,11?/m0/s1. The molecule has 21 heavy (non-hydrogen) atoms. The Labute approximate surface area is 126 Å². The number of hydrogen-bond donors (Lipinski definition) is 4. The zero-order valence-corrected chi connectivity index (χ0v) is 12.5. The highest BCUT2D eigenvalue weighted by molar-refractivity contribution is 7.99. The Kier molecular flexibility index (Phi) is 5.44. The Balaban J connectivity index is 2.16. The second-order valence-electron chi connectivity index (χ2n) is 5.09. The number of aliphatic hydroxyl groups excluding tert-OH is 3. The number of aliphatic hydroxyl groups is 3. The van der Waals surface area contributed by atoms with Crippen molar-refractivity contribution in [3.8, 4) is 0 Å². The van der Waals surface area contributed by atoms with Gasteiger partial charge in [-0.15, -0.1) is 11.8 Å². The zero-order valence-electron chi connectivity index (χ0n) is 11.6. The average Bonchev–Trinajstić information content (AvgIpc) is 2.81. The molecule has 0 bridgehead atoms. The van der Waals surface area contributed by atoms with Gasteiger partial charge in [-0.25, -0.2) is 4.79 Å². The van der Waals surface area contributed by atoms with Crippen LogP contribution < -0.4 is 5.32 Å². The first-order valence-electron chi connectivity index (χ1n) is 6.79. The summed E-state index contributed by atoms with van der Waals surface area (Å²) in [7, 11) is 0. The van der Waals surface area contributed by atoms with Crippen molar-refractivity contribution in [2.24, 2.45) is 5.92 Å². The molecule has 0 aliphatic carbocycles. The number of amides is 3. The van der Waals surface area contributed by atoms with Gasteiger partial charge in [-0.05, 0) is 0 Å². The summed E-state index contributed by atoms with van der Waals surface area (Å²) in [6.07, 6.45) is -2.12. The maximum atomic E-state index is 12.1. The second kappa shape index (κ2) is 6.93. The zero-order chi connectivity index (χ0) is 15.6. The fraction of sp³-hybridized carbons (Fsp3) is 0.833. The summed E-state index contributed by atoms with van der Waals surface area (Å²) in [5, 5.41) is 29.7. The third-order valence-corrected chi connectivity index (χ3v) is 5.05. The minimum atomic E-state index is -0.857. The minimum Gasteiger partial charge on any atom is -0.396 e. The van der Waals surface area contributed by atoms with Crippen LogP contribution in [0.2, 0.25) is 0 Å². The number of hydrogen-bond acceptors (Lipinski definition) is 7. The number of carbonyl (C=O) groups is 2. The summed E-state index contributed by atoms with van der Waals surface area (Å²) in [6, 6.07) is -0.579. The Morgan fingerprint density at radius 3 is 2.71 bits per heavy atom. The van der Waals surface area contributed by atoms with E-state index in [1.807, 2.05) is 0 Å². The number of carbonyl (C=O) groups excluding carboxylic acids is 2. The minimum absolute atomic E-state index is 0.0645. The van der Waals surface area contributed by atoms with Gasteiger partial charge in [-0.3, -0.25) is 15.0 Å². The first-order valence-corrected chi connectivity index (χ1v) is 7.84. The van der Waals surface area contributed by atoms with Crippen LogP contribution in [0.5, 0.6) is 0 Å². The molecule has 0 radical (unpaired) electrons. The van der Waals surface area contributed by atoms with Gasteiger partial charge in [0.1, 0.15) is 12.3 Å². The monoisotopic (exact) mass is 320 g/mol. The first-order chi connectivity index (χ1) is 9.99. The molecule has 4 N–H and O–H groups in total. The molecular weight excluding hydrogens is 300 g/mol. The summed E-state index contributed by atoms with van der Waals surface area (Å²) >= 11 is 1.29. The lowest BCUT2D eigenvalue weighted by atomic mass is 10.1. The molecule has 2 heterocycles. The van der Waals surface area contributed by atoms with Gasteiger partial charge in [-0.2, -0.15) is 0 Å². The molecule has 0 aromatic carbocycles. The Bertz CT molecular complexity index is 409. The van der Waals surface area contributed by atoms with E-state index in [1.165, 1.54) is 16.7 Å². The molecule has 0 aromatic rings. The summed E-state index contributed by atoms with van der Waals surface area (Å²) in [5.74, 6) is -0.456. The molecular formula is C12H20N2O6S. The Hall–Kier alpha value is -0.870. The molecule has 2 rings (SSSR count). The van der Waals surface area contributed by atoms with Crippen molar-refractivity contribution in [2.75, 3.05) is 19.0 Å². The number of imide groups is 1. The topological polar surface area (TPSA) is 119 Å². The fourth-order valence-corrected chi connectivity index (χ4v) is 3.66. The van der Waals surface area contributed by atoms with E-state index in [2.05, 4.69) is 5.32 Å².